The van der Waals surface area contributed by atoms with Crippen LogP contribution < -0.4 is 0 Å². The van der Waals surface area contributed by atoms with Crippen LogP contribution in [0.5, 0.6) is 0 Å². The quantitative estimate of drug-likeness (QED) is 0.609. The van der Waals surface area contributed by atoms with Gasteiger partial charge in [-0.15, -0.1) is 0 Å². The summed E-state index contributed by atoms with van der Waals surface area (Å²) < 4.78 is 13.1. The van der Waals surface area contributed by atoms with E-state index in [1.807, 2.05) is 0 Å². The fourth-order valence-corrected chi connectivity index (χ4v) is 2.07. The SMILES string of the molecule is O=Cc1cc(-c2c(Cl)cccc2Cl)cnc1F. The number of hydrogen-bond donors (Lipinski definition) is 0. The summed E-state index contributed by atoms with van der Waals surface area (Å²) >= 11 is 12.0. The minimum absolute atomic E-state index is 0.126. The Bertz CT molecular complexity index is 566. The van der Waals surface area contributed by atoms with Gasteiger partial charge in [0.15, 0.2) is 6.29 Å². The predicted molar refractivity (Wildman–Crippen MR) is 65.0 cm³/mol. The molecule has 1 heterocycles. The van der Waals surface area contributed by atoms with E-state index in [0.717, 1.165) is 0 Å². The minimum atomic E-state index is -0.813. The fourth-order valence-electron chi connectivity index (χ4n) is 1.46. The summed E-state index contributed by atoms with van der Waals surface area (Å²) in [4.78, 5) is 14.1. The van der Waals surface area contributed by atoms with Gasteiger partial charge in [-0.25, -0.2) is 4.98 Å². The van der Waals surface area contributed by atoms with E-state index in [0.29, 0.717) is 27.5 Å². The van der Waals surface area contributed by atoms with Gasteiger partial charge in [0.2, 0.25) is 5.95 Å². The number of aromatic nitrogens is 1. The van der Waals surface area contributed by atoms with Crippen molar-refractivity contribution in [1.82, 2.24) is 4.98 Å². The molecule has 86 valence electrons. The lowest BCUT2D eigenvalue weighted by molar-refractivity contribution is 0.111. The summed E-state index contributed by atoms with van der Waals surface area (Å²) in [5, 5.41) is 0.838. The fraction of sp³-hybridized carbons (Fsp3) is 0. The van der Waals surface area contributed by atoms with E-state index in [1.165, 1.54) is 12.3 Å². The van der Waals surface area contributed by atoms with E-state index < -0.39 is 5.95 Å². The molecule has 1 aromatic carbocycles. The molecule has 0 amide bonds. The topological polar surface area (TPSA) is 30.0 Å². The molecule has 0 aliphatic heterocycles. The second kappa shape index (κ2) is 4.82. The van der Waals surface area contributed by atoms with Crippen molar-refractivity contribution in [1.29, 1.82) is 0 Å². The van der Waals surface area contributed by atoms with Crippen LogP contribution in [0.2, 0.25) is 10.0 Å². The van der Waals surface area contributed by atoms with Crippen molar-refractivity contribution < 1.29 is 9.18 Å². The second-order valence-electron chi connectivity index (χ2n) is 3.32. The van der Waals surface area contributed by atoms with E-state index in [4.69, 9.17) is 23.2 Å². The first-order valence-corrected chi connectivity index (χ1v) is 5.44. The molecular weight excluding hydrogens is 264 g/mol. The number of rotatable bonds is 2. The minimum Gasteiger partial charge on any atom is -0.298 e. The Hall–Kier alpha value is -1.45. The Morgan fingerprint density at radius 1 is 1.24 bits per heavy atom. The maximum atomic E-state index is 13.1. The zero-order valence-electron chi connectivity index (χ0n) is 8.45. The standard InChI is InChI=1S/C12H6Cl2FNO/c13-9-2-1-3-10(14)11(9)7-4-8(6-17)12(15)16-5-7/h1-6H. The average Bonchev–Trinajstić information content (AvgIpc) is 2.31. The summed E-state index contributed by atoms with van der Waals surface area (Å²) in [6.45, 7) is 0. The number of aldehydes is 1. The van der Waals surface area contributed by atoms with Crippen LogP contribution in [0.1, 0.15) is 10.4 Å². The lowest BCUT2D eigenvalue weighted by Crippen LogP contribution is -1.93. The number of halogens is 3. The highest BCUT2D eigenvalue weighted by Crippen LogP contribution is 2.34. The van der Waals surface area contributed by atoms with Gasteiger partial charge in [-0.1, -0.05) is 29.3 Å². The van der Waals surface area contributed by atoms with Crippen molar-refractivity contribution in [2.24, 2.45) is 0 Å². The molecule has 0 saturated carbocycles. The summed E-state index contributed by atoms with van der Waals surface area (Å²) in [5.41, 5.74) is 0.911. The largest absolute Gasteiger partial charge is 0.298 e. The van der Waals surface area contributed by atoms with Crippen molar-refractivity contribution in [3.63, 3.8) is 0 Å². The molecule has 2 aromatic rings. The Labute approximate surface area is 107 Å². The molecule has 17 heavy (non-hydrogen) atoms. The van der Waals surface area contributed by atoms with Crippen LogP contribution in [-0.2, 0) is 0 Å². The summed E-state index contributed by atoms with van der Waals surface area (Å²) in [7, 11) is 0. The van der Waals surface area contributed by atoms with Gasteiger partial charge in [-0.2, -0.15) is 4.39 Å². The summed E-state index contributed by atoms with van der Waals surface area (Å²) in [5.74, 6) is -0.813. The molecule has 5 heteroatoms. The number of benzene rings is 1. The Morgan fingerprint density at radius 2 is 1.88 bits per heavy atom. The van der Waals surface area contributed by atoms with Gasteiger partial charge in [0.25, 0.3) is 0 Å². The van der Waals surface area contributed by atoms with Gasteiger partial charge in [0.05, 0.1) is 5.56 Å². The molecule has 1 aromatic heterocycles. The smallest absolute Gasteiger partial charge is 0.223 e. The first kappa shape index (κ1) is 12.0. The molecule has 0 unspecified atom stereocenters. The summed E-state index contributed by atoms with van der Waals surface area (Å²) in [6.07, 6.45) is 1.69. The van der Waals surface area contributed by atoms with Gasteiger partial charge in [0, 0.05) is 27.4 Å². The van der Waals surface area contributed by atoms with E-state index in [-0.39, 0.29) is 5.56 Å². The molecule has 0 bridgehead atoms. The third-order valence-electron chi connectivity index (χ3n) is 2.24. The Kier molecular flexibility index (Phi) is 3.41. The Balaban J connectivity index is 2.65. The average molecular weight is 270 g/mol. The first-order valence-electron chi connectivity index (χ1n) is 4.68. The highest BCUT2D eigenvalue weighted by Gasteiger charge is 2.11. The third-order valence-corrected chi connectivity index (χ3v) is 2.87. The van der Waals surface area contributed by atoms with Gasteiger partial charge in [-0.05, 0) is 18.2 Å². The zero-order chi connectivity index (χ0) is 12.4. The Morgan fingerprint density at radius 3 is 2.47 bits per heavy atom. The normalized spacial score (nSPS) is 10.3. The highest BCUT2D eigenvalue weighted by molar-refractivity contribution is 6.39. The maximum Gasteiger partial charge on any atom is 0.223 e. The van der Waals surface area contributed by atoms with Crippen molar-refractivity contribution in [3.8, 4) is 11.1 Å². The molecule has 0 N–H and O–H groups in total. The third kappa shape index (κ3) is 2.30. The van der Waals surface area contributed by atoms with Crippen LogP contribution in [0.15, 0.2) is 30.5 Å². The molecule has 0 radical (unpaired) electrons. The zero-order valence-corrected chi connectivity index (χ0v) is 9.97. The second-order valence-corrected chi connectivity index (χ2v) is 4.13. The van der Waals surface area contributed by atoms with E-state index in [9.17, 15) is 9.18 Å². The van der Waals surface area contributed by atoms with Crippen molar-refractivity contribution in [2.45, 2.75) is 0 Å². The lowest BCUT2D eigenvalue weighted by atomic mass is 10.1. The van der Waals surface area contributed by atoms with Crippen LogP contribution >= 0.6 is 23.2 Å². The number of nitrogens with zero attached hydrogens (tertiary/aromatic N) is 1. The van der Waals surface area contributed by atoms with Gasteiger partial charge >= 0.3 is 0 Å². The highest BCUT2D eigenvalue weighted by atomic mass is 35.5. The maximum absolute atomic E-state index is 13.1. The van der Waals surface area contributed by atoms with Gasteiger partial charge in [-0.3, -0.25) is 4.79 Å². The number of hydrogen-bond acceptors (Lipinski definition) is 2. The van der Waals surface area contributed by atoms with Crippen LogP contribution in [-0.4, -0.2) is 11.3 Å². The lowest BCUT2D eigenvalue weighted by Gasteiger charge is -2.07. The van der Waals surface area contributed by atoms with Gasteiger partial charge < -0.3 is 0 Å². The first-order chi connectivity index (χ1) is 8.13. The number of pyridine rings is 1. The van der Waals surface area contributed by atoms with Crippen molar-refractivity contribution in [3.05, 3.63) is 52.0 Å². The van der Waals surface area contributed by atoms with Crippen molar-refractivity contribution in [2.75, 3.05) is 0 Å². The van der Waals surface area contributed by atoms with E-state index >= 15 is 0 Å². The van der Waals surface area contributed by atoms with Gasteiger partial charge in [0.1, 0.15) is 0 Å². The number of carbonyl (C=O) groups is 1. The monoisotopic (exact) mass is 269 g/mol. The predicted octanol–water partition coefficient (Wildman–Crippen LogP) is 4.01. The molecule has 0 aliphatic carbocycles. The molecule has 0 spiro atoms. The molecule has 2 rings (SSSR count). The summed E-state index contributed by atoms with van der Waals surface area (Å²) in [6, 6.07) is 6.38. The van der Waals surface area contributed by atoms with Crippen LogP contribution in [0.4, 0.5) is 4.39 Å². The van der Waals surface area contributed by atoms with Crippen LogP contribution in [0.25, 0.3) is 11.1 Å². The van der Waals surface area contributed by atoms with Crippen molar-refractivity contribution >= 4 is 29.5 Å². The molecule has 0 atom stereocenters. The number of carbonyl (C=O) groups excluding carboxylic acids is 1. The van der Waals surface area contributed by atoms with E-state index in [2.05, 4.69) is 4.98 Å². The van der Waals surface area contributed by atoms with Crippen LogP contribution in [0, 0.1) is 5.95 Å². The molecule has 0 saturated heterocycles. The molecule has 0 fully saturated rings. The van der Waals surface area contributed by atoms with Crippen LogP contribution in [0.3, 0.4) is 0 Å². The molecule has 2 nitrogen and oxygen atoms in total. The molecular formula is C12H6Cl2FNO. The van der Waals surface area contributed by atoms with E-state index in [1.54, 1.807) is 18.2 Å². The molecule has 0 aliphatic rings.